The summed E-state index contributed by atoms with van der Waals surface area (Å²) in [6.07, 6.45) is 15.3. The van der Waals surface area contributed by atoms with Crippen molar-refractivity contribution in [3.63, 3.8) is 0 Å². The van der Waals surface area contributed by atoms with Crippen molar-refractivity contribution in [1.29, 1.82) is 0 Å². The summed E-state index contributed by atoms with van der Waals surface area (Å²) in [7, 11) is -13.3. The van der Waals surface area contributed by atoms with Crippen molar-refractivity contribution in [3.8, 4) is 88.5 Å². The second kappa shape index (κ2) is 34.1. The molecule has 0 aliphatic heterocycles. The summed E-state index contributed by atoms with van der Waals surface area (Å²) in [6.45, 7) is 13.9. The molecule has 0 atom stereocenters. The quantitative estimate of drug-likeness (QED) is 0.0696. The molecule has 0 bridgehead atoms. The fourth-order valence-corrected chi connectivity index (χ4v) is 18.1. The van der Waals surface area contributed by atoms with E-state index in [9.17, 15) is 43.7 Å². The predicted molar refractivity (Wildman–Crippen MR) is 512 cm³/mol. The van der Waals surface area contributed by atoms with Gasteiger partial charge in [-0.05, 0) is 262 Å². The molecule has 17 nitrogen and oxygen atoms in total. The lowest BCUT2D eigenvalue weighted by Gasteiger charge is -2.24. The van der Waals surface area contributed by atoms with Crippen molar-refractivity contribution >= 4 is 128 Å². The van der Waals surface area contributed by atoms with Gasteiger partial charge in [-0.3, -0.25) is 24.7 Å². The molecular formula is C102H89ClN6O11S5. The van der Waals surface area contributed by atoms with Gasteiger partial charge in [0.25, 0.3) is 0 Å². The Morgan fingerprint density at radius 2 is 0.696 bits per heavy atom. The van der Waals surface area contributed by atoms with E-state index < -0.39 is 58.3 Å². The summed E-state index contributed by atoms with van der Waals surface area (Å²) >= 11 is 7.64. The highest BCUT2D eigenvalue weighted by molar-refractivity contribution is 7.92. The number of hydrogen-bond acceptors (Lipinski definition) is 16. The minimum Gasteiger partial charge on any atom is -0.618 e. The van der Waals surface area contributed by atoms with Crippen LogP contribution in [-0.4, -0.2) is 83.6 Å². The summed E-state index contributed by atoms with van der Waals surface area (Å²) in [5.41, 5.74) is 20.4. The summed E-state index contributed by atoms with van der Waals surface area (Å²) in [5, 5.41) is 18.1. The molecule has 125 heavy (non-hydrogen) atoms. The molecule has 18 aromatic rings. The van der Waals surface area contributed by atoms with E-state index in [1.807, 2.05) is 249 Å². The van der Waals surface area contributed by atoms with Gasteiger partial charge < -0.3 is 14.6 Å². The Bertz CT molecular complexity index is 7780. The number of para-hydroxylation sites is 2. The number of pyridine rings is 6. The number of thiophene rings is 1. The first-order valence-electron chi connectivity index (χ1n) is 40.1. The summed E-state index contributed by atoms with van der Waals surface area (Å²) in [5.74, 6) is 0.790. The Labute approximate surface area is 736 Å². The first-order valence-corrected chi connectivity index (χ1v) is 48.8. The van der Waals surface area contributed by atoms with Crippen LogP contribution < -0.4 is 10.3 Å². The van der Waals surface area contributed by atoms with Gasteiger partial charge in [-0.2, -0.15) is 4.73 Å². The molecule has 0 saturated heterocycles. The van der Waals surface area contributed by atoms with Crippen LogP contribution in [0.5, 0.6) is 0 Å². The molecular weight excluding hydrogens is 1680 g/mol. The number of fused-ring (bicyclic) bond motifs is 6. The summed E-state index contributed by atoms with van der Waals surface area (Å²) in [4.78, 5) is 33.5. The number of nitrogens with zero attached hydrogens (tertiary/aromatic N) is 5. The second-order valence-corrected chi connectivity index (χ2v) is 45.1. The standard InChI is InChI=1S/C28H24N2O3S.C27H23NO3S.C24H22N2O3S.C23H20ClNO2S2/c1-28(2,34(3,32)33)24-16-22-11-7-13-29-27(22)25(17-24)20-10-6-9-19(14-20)23-15-21-8-4-5-12-26(21)30(31)18-23;1-27(2,32(3,29)30)22-15-21-11-7-13-28-26(21)23(17-22)18-9-6-10-19(14-18)25-16-20-8-4-5-12-24(20)31-25;1-24(2,30(3,28)29)20-13-18-8-5-11-25-23(18)21(14-20)17-7-4-6-16(12-17)19-9-10-22(27)26-15-19;1-23(2,29(3,26)27)18-13-17-8-5-11-25-22(17)19(14-18)15-6-4-7-16(12-15)20-9-10-21(24)28-20/h4-18H,1-3H3;4-17H,1-3H3;4-15H,1-3H3,(H,26,27);4-14H,1-3H3. The number of nitrogens with one attached hydrogen (secondary N) is 1. The van der Waals surface area contributed by atoms with Gasteiger partial charge in [-0.25, -0.2) is 33.7 Å². The van der Waals surface area contributed by atoms with E-state index in [4.69, 9.17) is 16.0 Å². The first kappa shape index (κ1) is 87.2. The van der Waals surface area contributed by atoms with Crippen molar-refractivity contribution < 1.29 is 42.8 Å². The third-order valence-electron chi connectivity index (χ3n) is 23.8. The zero-order valence-electron chi connectivity index (χ0n) is 70.7. The minimum atomic E-state index is -3.36. The van der Waals surface area contributed by atoms with E-state index in [2.05, 4.69) is 37.1 Å². The van der Waals surface area contributed by atoms with Crippen LogP contribution in [0.25, 0.3) is 154 Å². The molecule has 0 amide bonds. The molecule has 1 N–H and O–H groups in total. The maximum Gasteiger partial charge on any atom is 0.247 e. The van der Waals surface area contributed by atoms with Gasteiger partial charge in [0.2, 0.25) is 11.1 Å². The van der Waals surface area contributed by atoms with E-state index in [0.717, 1.165) is 174 Å². The Kier molecular flexibility index (Phi) is 23.8. The number of aromatic nitrogens is 6. The van der Waals surface area contributed by atoms with E-state index in [1.54, 1.807) is 105 Å². The molecule has 8 aromatic heterocycles. The highest BCUT2D eigenvalue weighted by Crippen LogP contribution is 2.44. The summed E-state index contributed by atoms with van der Waals surface area (Å²) < 4.78 is 104. The summed E-state index contributed by atoms with van der Waals surface area (Å²) in [6, 6.07) is 89.4. The van der Waals surface area contributed by atoms with Gasteiger partial charge >= 0.3 is 0 Å². The van der Waals surface area contributed by atoms with Crippen LogP contribution in [0, 0.1) is 5.21 Å². The minimum absolute atomic E-state index is 0.152. The van der Waals surface area contributed by atoms with E-state index in [-0.39, 0.29) is 5.56 Å². The van der Waals surface area contributed by atoms with Crippen LogP contribution >= 0.6 is 22.9 Å². The van der Waals surface area contributed by atoms with Crippen molar-refractivity contribution in [3.05, 3.63) is 358 Å². The van der Waals surface area contributed by atoms with E-state index in [1.165, 1.54) is 42.4 Å². The van der Waals surface area contributed by atoms with Crippen molar-refractivity contribution in [2.45, 2.75) is 74.4 Å². The van der Waals surface area contributed by atoms with Gasteiger partial charge in [0, 0.05) is 139 Å². The third-order valence-corrected chi connectivity index (χ3v) is 33.4. The number of furan rings is 1. The monoisotopic (exact) mass is 1770 g/mol. The van der Waals surface area contributed by atoms with Crippen molar-refractivity contribution in [2.24, 2.45) is 0 Å². The molecule has 23 heteroatoms. The molecule has 0 unspecified atom stereocenters. The first-order chi connectivity index (χ1) is 59.2. The van der Waals surface area contributed by atoms with Crippen LogP contribution in [0.4, 0.5) is 0 Å². The Morgan fingerprint density at radius 1 is 0.344 bits per heavy atom. The molecule has 18 rings (SSSR count). The molecule has 0 radical (unpaired) electrons. The number of aromatic amines is 1. The number of benzene rings is 10. The zero-order chi connectivity index (χ0) is 88.9. The fraction of sp³-hybridized carbons (Fsp3) is 0.157. The van der Waals surface area contributed by atoms with Gasteiger partial charge in [-0.15, -0.1) is 11.3 Å². The van der Waals surface area contributed by atoms with Crippen LogP contribution in [0.15, 0.2) is 325 Å². The van der Waals surface area contributed by atoms with Crippen LogP contribution in [0.1, 0.15) is 77.6 Å². The highest BCUT2D eigenvalue weighted by Gasteiger charge is 2.37. The lowest BCUT2D eigenvalue weighted by Crippen LogP contribution is -2.28. The lowest BCUT2D eigenvalue weighted by molar-refractivity contribution is -0.576. The van der Waals surface area contributed by atoms with E-state index >= 15 is 0 Å². The average Bonchev–Trinajstić information content (AvgIpc) is 1.49. The molecule has 0 fully saturated rings. The van der Waals surface area contributed by atoms with Crippen LogP contribution in [0.2, 0.25) is 4.34 Å². The maximum atomic E-state index is 12.6. The predicted octanol–water partition coefficient (Wildman–Crippen LogP) is 23.3. The molecule has 0 saturated carbocycles. The SMILES string of the molecule is CC(C)(c1cc(-c2cccc(-c3cc4ccccc4[n+]([O-])c3)c2)c2ncccc2c1)S(C)(=O)=O.CC(C)(c1cc(-c2cccc(-c3cc4ccccc4o3)c2)c2ncccc2c1)S(C)(=O)=O.CC(C)(c1cc(-c2cccc(-c3ccc(=O)[nH]c3)c2)c2ncccc2c1)S(C)(=O)=O.CC(C)(c1cc(-c2cccc(-c3ccc(Cl)s3)c2)c2ncccc2c1)S(C)(=O)=O. The molecule has 0 aliphatic rings. The zero-order valence-corrected chi connectivity index (χ0v) is 75.5. The maximum absolute atomic E-state index is 12.6. The molecule has 8 heterocycles. The van der Waals surface area contributed by atoms with Gasteiger partial charge in [0.05, 0.1) is 45.4 Å². The third kappa shape index (κ3) is 17.9. The number of sulfone groups is 4. The topological polar surface area (TPSA) is 261 Å². The normalized spacial score (nSPS) is 12.4. The van der Waals surface area contributed by atoms with E-state index in [0.29, 0.717) is 11.1 Å². The van der Waals surface area contributed by atoms with Crippen molar-refractivity contribution in [1.82, 2.24) is 24.9 Å². The number of H-pyrrole nitrogens is 1. The second-order valence-electron chi connectivity index (χ2n) is 33.2. The average molecular weight is 1770 g/mol. The number of hydrogen-bond donors (Lipinski definition) is 1. The van der Waals surface area contributed by atoms with Crippen LogP contribution in [0.3, 0.4) is 0 Å². The van der Waals surface area contributed by atoms with Gasteiger partial charge in [0.15, 0.2) is 45.5 Å². The number of rotatable bonds is 16. The van der Waals surface area contributed by atoms with Gasteiger partial charge in [0.1, 0.15) is 11.3 Å². The molecule has 0 aliphatic carbocycles. The Morgan fingerprint density at radius 3 is 1.08 bits per heavy atom. The molecule has 630 valence electrons. The molecule has 0 spiro atoms. The number of halogens is 1. The van der Waals surface area contributed by atoms with Crippen LogP contribution in [-0.2, 0) is 58.3 Å². The Hall–Kier alpha value is -12.7. The molecule has 10 aromatic carbocycles. The highest BCUT2D eigenvalue weighted by atomic mass is 35.5. The largest absolute Gasteiger partial charge is 0.618 e. The fourth-order valence-electron chi connectivity index (χ4n) is 14.9. The van der Waals surface area contributed by atoms with Crippen molar-refractivity contribution in [2.75, 3.05) is 25.0 Å². The van der Waals surface area contributed by atoms with Gasteiger partial charge in [-0.1, -0.05) is 139 Å². The Balaban J connectivity index is 0.000000129. The smallest absolute Gasteiger partial charge is 0.247 e. The lowest BCUT2D eigenvalue weighted by atomic mass is 9.92.